The number of fused-ring (bicyclic) bond motifs is 5. The summed E-state index contributed by atoms with van der Waals surface area (Å²) in [6.07, 6.45) is 2.73. The molecule has 7 aromatic carbocycles. The van der Waals surface area contributed by atoms with Gasteiger partial charge in [0, 0.05) is 20.8 Å². The molecule has 0 spiro atoms. The Labute approximate surface area is 267 Å². The van der Waals surface area contributed by atoms with E-state index in [0.717, 1.165) is 23.2 Å². The number of nitrogens with two attached hydrogens (primary N) is 1. The van der Waals surface area contributed by atoms with E-state index in [2.05, 4.69) is 145 Å². The van der Waals surface area contributed by atoms with Gasteiger partial charge in [-0.25, -0.2) is 0 Å². The number of rotatable bonds is 7. The van der Waals surface area contributed by atoms with E-state index in [1.165, 1.54) is 58.4 Å². The van der Waals surface area contributed by atoms with Gasteiger partial charge in [-0.1, -0.05) is 133 Å². The lowest BCUT2D eigenvalue weighted by molar-refractivity contribution is 0.666. The smallest absolute Gasteiger partial charge is 0.101 e. The van der Waals surface area contributed by atoms with Gasteiger partial charge in [0.15, 0.2) is 0 Å². The first-order valence-electron chi connectivity index (χ1n) is 15.4. The molecule has 1 atom stereocenters. The van der Waals surface area contributed by atoms with Crippen LogP contribution in [-0.2, 0) is 6.42 Å². The highest BCUT2D eigenvalue weighted by Crippen LogP contribution is 2.35. The molecule has 0 radical (unpaired) electrons. The molecular weight excluding hydrogens is 565 g/mol. The Kier molecular flexibility index (Phi) is 7.11. The maximum atomic E-state index is 6.76. The maximum absolute atomic E-state index is 6.76. The first kappa shape index (κ1) is 27.3. The molecule has 0 fully saturated rings. The van der Waals surface area contributed by atoms with Crippen molar-refractivity contribution >= 4 is 59.4 Å². The third kappa shape index (κ3) is 5.38. The molecule has 1 heterocycles. The Morgan fingerprint density at radius 2 is 1.33 bits per heavy atom. The van der Waals surface area contributed by atoms with Gasteiger partial charge in [-0.2, -0.15) is 0 Å². The monoisotopic (exact) mass is 596 g/mol. The summed E-state index contributed by atoms with van der Waals surface area (Å²) < 4.78 is 1.32. The third-order valence-electron chi connectivity index (χ3n) is 8.71. The van der Waals surface area contributed by atoms with E-state index < -0.39 is 0 Å². The molecule has 0 aliphatic carbocycles. The lowest BCUT2D eigenvalue weighted by atomic mass is 9.94. The normalized spacial score (nSPS) is 12.7. The molecule has 0 amide bonds. The molecular formula is C42H32N2S. The van der Waals surface area contributed by atoms with Crippen LogP contribution in [-0.4, -0.2) is 0 Å². The lowest BCUT2D eigenvalue weighted by Gasteiger charge is -2.21. The minimum Gasteiger partial charge on any atom is -0.366 e. The van der Waals surface area contributed by atoms with E-state index >= 15 is 0 Å². The zero-order chi connectivity index (χ0) is 30.2. The highest BCUT2D eigenvalue weighted by atomic mass is 32.1. The molecule has 2 nitrogen and oxygen atoms in total. The van der Waals surface area contributed by atoms with Crippen LogP contribution in [0.15, 0.2) is 158 Å². The third-order valence-corrected chi connectivity index (χ3v) is 9.87. The Morgan fingerprint density at radius 3 is 2.13 bits per heavy atom. The number of nitrogens with one attached hydrogen (secondary N) is 1. The van der Waals surface area contributed by atoms with Crippen LogP contribution in [0.25, 0.3) is 58.5 Å². The van der Waals surface area contributed by atoms with Crippen molar-refractivity contribution < 1.29 is 0 Å². The molecule has 0 aliphatic rings. The van der Waals surface area contributed by atoms with Crippen molar-refractivity contribution in [3.63, 3.8) is 0 Å². The number of thiophene rings is 1. The van der Waals surface area contributed by atoms with Gasteiger partial charge in [0.25, 0.3) is 0 Å². The number of hydrogen-bond donors (Lipinski definition) is 2. The largest absolute Gasteiger partial charge is 0.366 e. The fraction of sp³-hybridized carbons (Fsp3) is 0.0476. The quantitative estimate of drug-likeness (QED) is 0.109. The molecule has 216 valence electrons. The second kappa shape index (κ2) is 11.7. The van der Waals surface area contributed by atoms with E-state index in [1.54, 1.807) is 0 Å². The van der Waals surface area contributed by atoms with Crippen LogP contribution in [0.4, 0.5) is 0 Å². The van der Waals surface area contributed by atoms with Gasteiger partial charge in [-0.15, -0.1) is 11.3 Å². The van der Waals surface area contributed by atoms with Crippen LogP contribution < -0.4 is 11.1 Å². The first-order valence-corrected chi connectivity index (χ1v) is 16.2. The second-order valence-electron chi connectivity index (χ2n) is 11.6. The summed E-state index contributed by atoms with van der Waals surface area (Å²) in [6, 6.07) is 54.4. The van der Waals surface area contributed by atoms with Gasteiger partial charge in [0.2, 0.25) is 0 Å². The van der Waals surface area contributed by atoms with Crippen molar-refractivity contribution in [1.82, 2.24) is 5.32 Å². The molecule has 0 saturated heterocycles. The molecule has 8 aromatic rings. The van der Waals surface area contributed by atoms with E-state index in [0.29, 0.717) is 0 Å². The van der Waals surface area contributed by atoms with Crippen molar-refractivity contribution in [3.05, 3.63) is 174 Å². The van der Waals surface area contributed by atoms with Crippen molar-refractivity contribution in [2.75, 3.05) is 0 Å². The van der Waals surface area contributed by atoms with Gasteiger partial charge in [0.05, 0.1) is 0 Å². The first-order chi connectivity index (χ1) is 22.2. The Bertz CT molecular complexity index is 2300. The minimum atomic E-state index is -0.340. The average molecular weight is 597 g/mol. The average Bonchev–Trinajstić information content (AvgIpc) is 3.54. The molecule has 1 aromatic heterocycles. The standard InChI is InChI=1S/C42H32N2S/c43-42(30-9-2-1-3-10-30)44-39(24-19-28-17-20-29(21-18-28)41-27-34-13-6-7-16-40(34)45-41)37-15-8-14-35-36(37)23-22-33-25-31-11-4-5-12-32(31)26-38(33)35/h1-18,20-27,42,44H,19,43H2/b39-24-. The Morgan fingerprint density at radius 1 is 0.600 bits per heavy atom. The summed E-state index contributed by atoms with van der Waals surface area (Å²) in [7, 11) is 0. The number of hydrogen-bond acceptors (Lipinski definition) is 3. The Hall–Kier alpha value is -5.22. The number of allylic oxidation sites excluding steroid dienone is 1. The van der Waals surface area contributed by atoms with E-state index in [4.69, 9.17) is 5.73 Å². The van der Waals surface area contributed by atoms with Gasteiger partial charge in [0.1, 0.15) is 6.17 Å². The fourth-order valence-electron chi connectivity index (χ4n) is 6.32. The van der Waals surface area contributed by atoms with Crippen LogP contribution in [0.5, 0.6) is 0 Å². The lowest BCUT2D eigenvalue weighted by Crippen LogP contribution is -2.27. The summed E-state index contributed by atoms with van der Waals surface area (Å²) in [5.74, 6) is 0. The van der Waals surface area contributed by atoms with Gasteiger partial charge >= 0.3 is 0 Å². The fourth-order valence-corrected chi connectivity index (χ4v) is 7.39. The van der Waals surface area contributed by atoms with Crippen LogP contribution in [0, 0.1) is 0 Å². The molecule has 0 saturated carbocycles. The summed E-state index contributed by atoms with van der Waals surface area (Å²) >= 11 is 1.84. The van der Waals surface area contributed by atoms with E-state index in [9.17, 15) is 0 Å². The van der Waals surface area contributed by atoms with Crippen LogP contribution in [0.1, 0.15) is 22.9 Å². The van der Waals surface area contributed by atoms with Crippen LogP contribution >= 0.6 is 11.3 Å². The SMILES string of the molecule is NC(N/C(=C\Cc1ccc(-c2cc3ccccc3s2)cc1)c1cccc2c1ccc1cc3ccccc3cc12)c1ccccc1. The molecule has 3 heteroatoms. The van der Waals surface area contributed by atoms with Crippen molar-refractivity contribution in [2.24, 2.45) is 5.73 Å². The predicted molar refractivity (Wildman–Crippen MR) is 194 cm³/mol. The molecule has 0 bridgehead atoms. The van der Waals surface area contributed by atoms with Crippen molar-refractivity contribution in [1.29, 1.82) is 0 Å². The summed E-state index contributed by atoms with van der Waals surface area (Å²) in [5, 5.41) is 12.4. The van der Waals surface area contributed by atoms with Crippen LogP contribution in [0.3, 0.4) is 0 Å². The highest BCUT2D eigenvalue weighted by Gasteiger charge is 2.14. The van der Waals surface area contributed by atoms with Gasteiger partial charge < -0.3 is 11.1 Å². The van der Waals surface area contributed by atoms with Crippen molar-refractivity contribution in [2.45, 2.75) is 12.6 Å². The predicted octanol–water partition coefficient (Wildman–Crippen LogP) is 10.9. The minimum absolute atomic E-state index is 0.340. The molecule has 45 heavy (non-hydrogen) atoms. The number of benzene rings is 7. The molecule has 3 N–H and O–H groups in total. The Balaban J connectivity index is 1.18. The summed E-state index contributed by atoms with van der Waals surface area (Å²) in [5.41, 5.74) is 12.5. The molecule has 8 rings (SSSR count). The second-order valence-corrected chi connectivity index (χ2v) is 12.7. The van der Waals surface area contributed by atoms with E-state index in [-0.39, 0.29) is 6.17 Å². The maximum Gasteiger partial charge on any atom is 0.101 e. The summed E-state index contributed by atoms with van der Waals surface area (Å²) in [6.45, 7) is 0. The molecule has 0 aliphatic heterocycles. The summed E-state index contributed by atoms with van der Waals surface area (Å²) in [4.78, 5) is 1.30. The zero-order valence-corrected chi connectivity index (χ0v) is 25.6. The highest BCUT2D eigenvalue weighted by molar-refractivity contribution is 7.22. The van der Waals surface area contributed by atoms with Crippen LogP contribution in [0.2, 0.25) is 0 Å². The van der Waals surface area contributed by atoms with Gasteiger partial charge in [-0.05, 0) is 85.1 Å². The van der Waals surface area contributed by atoms with Gasteiger partial charge in [-0.3, -0.25) is 0 Å². The zero-order valence-electron chi connectivity index (χ0n) is 24.8. The van der Waals surface area contributed by atoms with Crippen molar-refractivity contribution in [3.8, 4) is 10.4 Å². The topological polar surface area (TPSA) is 38.0 Å². The molecule has 1 unspecified atom stereocenters. The van der Waals surface area contributed by atoms with E-state index in [1.807, 2.05) is 29.5 Å².